The van der Waals surface area contributed by atoms with E-state index in [1.54, 1.807) is 12.1 Å². The Morgan fingerprint density at radius 2 is 1.47 bits per heavy atom. The molecule has 0 atom stereocenters. The quantitative estimate of drug-likeness (QED) is 0.508. The van der Waals surface area contributed by atoms with Crippen molar-refractivity contribution in [3.63, 3.8) is 0 Å². The summed E-state index contributed by atoms with van der Waals surface area (Å²) in [4.78, 5) is 27.6. The highest BCUT2D eigenvalue weighted by Gasteiger charge is 2.24. The third kappa shape index (κ3) is 4.25. The fraction of sp³-hybridized carbons (Fsp3) is 0.174. The van der Waals surface area contributed by atoms with Crippen LogP contribution in [-0.2, 0) is 0 Å². The summed E-state index contributed by atoms with van der Waals surface area (Å²) in [5.41, 5.74) is 3.37. The van der Waals surface area contributed by atoms with Crippen molar-refractivity contribution in [2.75, 3.05) is 36.4 Å². The summed E-state index contributed by atoms with van der Waals surface area (Å²) < 4.78 is 0. The van der Waals surface area contributed by atoms with E-state index >= 15 is 0 Å². The van der Waals surface area contributed by atoms with Gasteiger partial charge in [-0.15, -0.1) is 0 Å². The lowest BCUT2D eigenvalue weighted by Gasteiger charge is -2.36. The molecule has 4 rings (SSSR count). The van der Waals surface area contributed by atoms with Gasteiger partial charge in [-0.05, 0) is 36.4 Å². The predicted molar refractivity (Wildman–Crippen MR) is 117 cm³/mol. The van der Waals surface area contributed by atoms with Crippen LogP contribution in [0.4, 0.5) is 22.7 Å². The molecule has 3 aromatic rings. The first-order chi connectivity index (χ1) is 14.6. The molecule has 1 aliphatic heterocycles. The number of hydrogen-bond acceptors (Lipinski definition) is 5. The summed E-state index contributed by atoms with van der Waals surface area (Å²) in [5, 5.41) is 14.2. The molecule has 30 heavy (non-hydrogen) atoms. The number of nitrogens with zero attached hydrogens (tertiary/aromatic N) is 3. The molecule has 152 valence electrons. The summed E-state index contributed by atoms with van der Waals surface area (Å²) in [7, 11) is 0. The highest BCUT2D eigenvalue weighted by Crippen LogP contribution is 2.24. The summed E-state index contributed by atoms with van der Waals surface area (Å²) in [6.45, 7) is 2.54. The van der Waals surface area contributed by atoms with Gasteiger partial charge in [-0.25, -0.2) is 0 Å². The van der Waals surface area contributed by atoms with E-state index in [0.29, 0.717) is 31.7 Å². The third-order valence-electron chi connectivity index (χ3n) is 5.20. The second-order valence-electron chi connectivity index (χ2n) is 7.09. The molecule has 7 nitrogen and oxygen atoms in total. The SMILES string of the molecule is O=C(c1ccccc1Nc1ccccc1)N1CCN(c2ccc([N+](=O)[O-])cc2)CC1. The first kappa shape index (κ1) is 19.4. The van der Waals surface area contributed by atoms with Crippen LogP contribution in [0.5, 0.6) is 0 Å². The molecule has 1 N–H and O–H groups in total. The number of non-ortho nitro benzene ring substituents is 1. The highest BCUT2D eigenvalue weighted by molar-refractivity contribution is 6.00. The van der Waals surface area contributed by atoms with Crippen molar-refractivity contribution in [3.05, 3.63) is 94.5 Å². The molecule has 0 radical (unpaired) electrons. The molecule has 0 aliphatic carbocycles. The zero-order chi connectivity index (χ0) is 20.9. The van der Waals surface area contributed by atoms with E-state index in [1.165, 1.54) is 12.1 Å². The fourth-order valence-electron chi connectivity index (χ4n) is 3.58. The summed E-state index contributed by atoms with van der Waals surface area (Å²) >= 11 is 0. The number of nitrogens with one attached hydrogen (secondary N) is 1. The number of rotatable bonds is 5. The zero-order valence-corrected chi connectivity index (χ0v) is 16.4. The van der Waals surface area contributed by atoms with Crippen LogP contribution >= 0.6 is 0 Å². The van der Waals surface area contributed by atoms with Gasteiger partial charge in [0.15, 0.2) is 0 Å². The van der Waals surface area contributed by atoms with Gasteiger partial charge in [-0.2, -0.15) is 0 Å². The number of nitro benzene ring substituents is 1. The Hall–Kier alpha value is -3.87. The molecular formula is C23H22N4O3. The molecule has 0 aromatic heterocycles. The van der Waals surface area contributed by atoms with E-state index in [9.17, 15) is 14.9 Å². The first-order valence-corrected chi connectivity index (χ1v) is 9.81. The van der Waals surface area contributed by atoms with Crippen LogP contribution in [0.15, 0.2) is 78.9 Å². The van der Waals surface area contributed by atoms with E-state index in [-0.39, 0.29) is 11.6 Å². The van der Waals surface area contributed by atoms with Gasteiger partial charge in [0.25, 0.3) is 11.6 Å². The van der Waals surface area contributed by atoms with Gasteiger partial charge < -0.3 is 15.1 Å². The van der Waals surface area contributed by atoms with E-state index in [1.807, 2.05) is 59.5 Å². The Labute approximate surface area is 174 Å². The van der Waals surface area contributed by atoms with Gasteiger partial charge in [-0.3, -0.25) is 14.9 Å². The maximum Gasteiger partial charge on any atom is 0.269 e. The second-order valence-corrected chi connectivity index (χ2v) is 7.09. The number of amides is 1. The van der Waals surface area contributed by atoms with Crippen molar-refractivity contribution in [2.45, 2.75) is 0 Å². The van der Waals surface area contributed by atoms with Crippen molar-refractivity contribution in [3.8, 4) is 0 Å². The van der Waals surface area contributed by atoms with E-state index < -0.39 is 4.92 Å². The summed E-state index contributed by atoms with van der Waals surface area (Å²) in [5.74, 6) is -0.00243. The van der Waals surface area contributed by atoms with Crippen molar-refractivity contribution in [2.24, 2.45) is 0 Å². The topological polar surface area (TPSA) is 78.7 Å². The molecule has 1 saturated heterocycles. The Morgan fingerprint density at radius 1 is 0.833 bits per heavy atom. The first-order valence-electron chi connectivity index (χ1n) is 9.81. The number of carbonyl (C=O) groups is 1. The standard InChI is InChI=1S/C23H22N4O3/c28-23(21-8-4-5-9-22(21)24-18-6-2-1-3-7-18)26-16-14-25(15-17-26)19-10-12-20(13-11-19)27(29)30/h1-13,24H,14-17H2. The molecule has 0 bridgehead atoms. The molecule has 0 spiro atoms. The molecule has 1 amide bonds. The lowest BCUT2D eigenvalue weighted by atomic mass is 10.1. The van der Waals surface area contributed by atoms with E-state index in [0.717, 1.165) is 17.1 Å². The van der Waals surface area contributed by atoms with Gasteiger partial charge in [-0.1, -0.05) is 30.3 Å². The number of carbonyl (C=O) groups excluding carboxylic acids is 1. The molecule has 7 heteroatoms. The molecule has 0 saturated carbocycles. The molecule has 1 aliphatic rings. The number of benzene rings is 3. The monoisotopic (exact) mass is 402 g/mol. The van der Waals surface area contributed by atoms with Crippen molar-refractivity contribution < 1.29 is 9.72 Å². The Bertz CT molecular complexity index is 1030. The average Bonchev–Trinajstić information content (AvgIpc) is 2.80. The van der Waals surface area contributed by atoms with Crippen molar-refractivity contribution in [1.82, 2.24) is 4.90 Å². The van der Waals surface area contributed by atoms with Crippen LogP contribution in [0.3, 0.4) is 0 Å². The van der Waals surface area contributed by atoms with Crippen LogP contribution in [-0.4, -0.2) is 41.9 Å². The van der Waals surface area contributed by atoms with Crippen LogP contribution in [0.25, 0.3) is 0 Å². The fourth-order valence-corrected chi connectivity index (χ4v) is 3.58. The largest absolute Gasteiger partial charge is 0.368 e. The number of anilines is 3. The van der Waals surface area contributed by atoms with Crippen LogP contribution in [0.2, 0.25) is 0 Å². The molecular weight excluding hydrogens is 380 g/mol. The number of para-hydroxylation sites is 2. The predicted octanol–water partition coefficient (Wildman–Crippen LogP) is 4.30. The smallest absolute Gasteiger partial charge is 0.269 e. The van der Waals surface area contributed by atoms with Crippen LogP contribution < -0.4 is 10.2 Å². The minimum absolute atomic E-state index is 0.00243. The molecule has 0 unspecified atom stereocenters. The zero-order valence-electron chi connectivity index (χ0n) is 16.4. The van der Waals surface area contributed by atoms with Gasteiger partial charge in [0.1, 0.15) is 0 Å². The van der Waals surface area contributed by atoms with Gasteiger partial charge in [0, 0.05) is 49.7 Å². The average molecular weight is 402 g/mol. The van der Waals surface area contributed by atoms with Crippen LogP contribution in [0, 0.1) is 10.1 Å². The molecule has 1 heterocycles. The van der Waals surface area contributed by atoms with Crippen molar-refractivity contribution in [1.29, 1.82) is 0 Å². The second kappa shape index (κ2) is 8.65. The van der Waals surface area contributed by atoms with Crippen LogP contribution in [0.1, 0.15) is 10.4 Å². The lowest BCUT2D eigenvalue weighted by Crippen LogP contribution is -2.48. The molecule has 3 aromatic carbocycles. The number of hydrogen-bond donors (Lipinski definition) is 1. The normalized spacial score (nSPS) is 13.7. The Morgan fingerprint density at radius 3 is 2.13 bits per heavy atom. The summed E-state index contributed by atoms with van der Waals surface area (Å²) in [6.07, 6.45) is 0. The number of nitro groups is 1. The third-order valence-corrected chi connectivity index (χ3v) is 5.20. The van der Waals surface area contributed by atoms with Gasteiger partial charge in [0.2, 0.25) is 0 Å². The van der Waals surface area contributed by atoms with Crippen molar-refractivity contribution >= 4 is 28.7 Å². The lowest BCUT2D eigenvalue weighted by molar-refractivity contribution is -0.384. The Kier molecular flexibility index (Phi) is 5.61. The van der Waals surface area contributed by atoms with E-state index in [4.69, 9.17) is 0 Å². The highest BCUT2D eigenvalue weighted by atomic mass is 16.6. The maximum absolute atomic E-state index is 13.2. The Balaban J connectivity index is 1.43. The maximum atomic E-state index is 13.2. The van der Waals surface area contributed by atoms with Gasteiger partial charge >= 0.3 is 0 Å². The minimum Gasteiger partial charge on any atom is -0.368 e. The number of piperazine rings is 1. The molecule has 1 fully saturated rings. The minimum atomic E-state index is -0.401. The van der Waals surface area contributed by atoms with E-state index in [2.05, 4.69) is 10.2 Å². The summed E-state index contributed by atoms with van der Waals surface area (Å²) in [6, 6.07) is 23.9. The van der Waals surface area contributed by atoms with Gasteiger partial charge in [0.05, 0.1) is 16.2 Å².